The lowest BCUT2D eigenvalue weighted by Crippen LogP contribution is -2.20. The van der Waals surface area contributed by atoms with Gasteiger partial charge >= 0.3 is 0 Å². The van der Waals surface area contributed by atoms with E-state index in [0.29, 0.717) is 23.1 Å². The second kappa shape index (κ2) is 6.33. The van der Waals surface area contributed by atoms with Gasteiger partial charge in [0.2, 0.25) is 0 Å². The van der Waals surface area contributed by atoms with Crippen LogP contribution in [0, 0.1) is 18.3 Å². The van der Waals surface area contributed by atoms with E-state index in [0.717, 1.165) is 16.9 Å². The summed E-state index contributed by atoms with van der Waals surface area (Å²) < 4.78 is 8.89. The molecule has 0 radical (unpaired) electrons. The van der Waals surface area contributed by atoms with Gasteiger partial charge in [-0.15, -0.1) is 0 Å². The Balaban J connectivity index is 1.73. The molecule has 26 heavy (non-hydrogen) atoms. The van der Waals surface area contributed by atoms with Crippen molar-refractivity contribution < 1.29 is 4.74 Å². The first-order valence-electron chi connectivity index (χ1n) is 8.07. The summed E-state index contributed by atoms with van der Waals surface area (Å²) in [4.78, 5) is 21.4. The third-order valence-electron chi connectivity index (χ3n) is 4.14. The maximum atomic E-state index is 12.8. The maximum absolute atomic E-state index is 12.8. The van der Waals surface area contributed by atoms with Crippen molar-refractivity contribution in [3.05, 3.63) is 70.8 Å². The molecule has 4 aromatic rings. The second-order valence-corrected chi connectivity index (χ2v) is 6.00. The van der Waals surface area contributed by atoms with Crippen LogP contribution >= 0.6 is 0 Å². The molecule has 0 N–H and O–H groups in total. The third kappa shape index (κ3) is 2.78. The van der Waals surface area contributed by atoms with Crippen LogP contribution in [0.5, 0.6) is 5.75 Å². The van der Waals surface area contributed by atoms with Gasteiger partial charge in [0.1, 0.15) is 17.5 Å². The van der Waals surface area contributed by atoms with Crippen LogP contribution in [-0.2, 0) is 6.54 Å². The van der Waals surface area contributed by atoms with Crippen molar-refractivity contribution in [3.63, 3.8) is 0 Å². The van der Waals surface area contributed by atoms with Gasteiger partial charge in [0.05, 0.1) is 23.8 Å². The van der Waals surface area contributed by atoms with Crippen LogP contribution in [0.1, 0.15) is 11.3 Å². The van der Waals surface area contributed by atoms with Gasteiger partial charge in [0, 0.05) is 30.2 Å². The number of aromatic nitrogens is 4. The Labute approximate surface area is 148 Å². The van der Waals surface area contributed by atoms with Crippen molar-refractivity contribution in [1.29, 1.82) is 5.26 Å². The topological polar surface area (TPSA) is 85.2 Å². The first-order valence-corrected chi connectivity index (χ1v) is 8.07. The maximum Gasteiger partial charge on any atom is 0.260 e. The van der Waals surface area contributed by atoms with Gasteiger partial charge < -0.3 is 13.7 Å². The summed E-state index contributed by atoms with van der Waals surface area (Å²) in [6, 6.07) is 7.66. The van der Waals surface area contributed by atoms with E-state index in [1.54, 1.807) is 16.8 Å². The number of imidazole rings is 1. The fourth-order valence-electron chi connectivity index (χ4n) is 2.94. The van der Waals surface area contributed by atoms with Crippen LogP contribution in [0.2, 0.25) is 0 Å². The molecule has 0 aliphatic rings. The average Bonchev–Trinajstić information content (AvgIpc) is 3.03. The minimum Gasteiger partial charge on any atom is -0.476 e. The molecule has 0 aliphatic heterocycles. The predicted molar refractivity (Wildman–Crippen MR) is 96.1 cm³/mol. The van der Waals surface area contributed by atoms with Crippen molar-refractivity contribution >= 4 is 16.4 Å². The Morgan fingerprint density at radius 2 is 2.08 bits per heavy atom. The Hall–Kier alpha value is -3.66. The lowest BCUT2D eigenvalue weighted by atomic mass is 10.2. The van der Waals surface area contributed by atoms with E-state index in [9.17, 15) is 4.79 Å². The molecule has 4 aromatic heterocycles. The molecule has 0 saturated heterocycles. The van der Waals surface area contributed by atoms with Crippen LogP contribution in [0.15, 0.2) is 54.0 Å². The van der Waals surface area contributed by atoms with Gasteiger partial charge in [-0.25, -0.2) is 4.98 Å². The van der Waals surface area contributed by atoms with E-state index in [-0.39, 0.29) is 12.2 Å². The van der Waals surface area contributed by atoms with E-state index in [1.807, 2.05) is 41.9 Å². The Morgan fingerprint density at radius 3 is 2.92 bits per heavy atom. The third-order valence-corrected chi connectivity index (χ3v) is 4.14. The second-order valence-electron chi connectivity index (χ2n) is 6.00. The molecular formula is C19H15N5O2. The standard InChI is InChI=1S/C19H15N5O2/c1-13-2-3-18-22-14(12-24(18)10-13)11-23-6-4-15-16(19(23)25)8-21-9-17(15)26-7-5-20/h2-4,6,8-10,12H,7,11H2,1H3. The van der Waals surface area contributed by atoms with Crippen molar-refractivity contribution in [1.82, 2.24) is 18.9 Å². The molecule has 0 fully saturated rings. The number of hydrogen-bond donors (Lipinski definition) is 0. The number of nitrogens with zero attached hydrogens (tertiary/aromatic N) is 5. The smallest absolute Gasteiger partial charge is 0.260 e. The molecule has 0 aliphatic carbocycles. The zero-order chi connectivity index (χ0) is 18.1. The first-order chi connectivity index (χ1) is 12.7. The summed E-state index contributed by atoms with van der Waals surface area (Å²) >= 11 is 0. The fourth-order valence-corrected chi connectivity index (χ4v) is 2.94. The summed E-state index contributed by atoms with van der Waals surface area (Å²) in [5, 5.41) is 9.76. The molecule has 128 valence electrons. The van der Waals surface area contributed by atoms with Crippen molar-refractivity contribution in [2.45, 2.75) is 13.5 Å². The highest BCUT2D eigenvalue weighted by Crippen LogP contribution is 2.21. The molecule has 7 heteroatoms. The molecule has 4 heterocycles. The zero-order valence-corrected chi connectivity index (χ0v) is 14.1. The lowest BCUT2D eigenvalue weighted by Gasteiger charge is -2.08. The summed E-state index contributed by atoms with van der Waals surface area (Å²) in [5.41, 5.74) is 2.60. The van der Waals surface area contributed by atoms with E-state index < -0.39 is 0 Å². The minimum absolute atomic E-state index is 0.0927. The quantitative estimate of drug-likeness (QED) is 0.566. The molecule has 0 atom stereocenters. The molecule has 0 bridgehead atoms. The molecule has 4 rings (SSSR count). The number of pyridine rings is 3. The summed E-state index contributed by atoms with van der Waals surface area (Å²) in [5.74, 6) is 0.427. The molecule has 0 aromatic carbocycles. The van der Waals surface area contributed by atoms with Crippen LogP contribution in [0.25, 0.3) is 16.4 Å². The van der Waals surface area contributed by atoms with Gasteiger partial charge in [0.15, 0.2) is 6.61 Å². The number of fused-ring (bicyclic) bond motifs is 2. The van der Waals surface area contributed by atoms with E-state index in [2.05, 4.69) is 9.97 Å². The van der Waals surface area contributed by atoms with Gasteiger partial charge in [-0.05, 0) is 24.6 Å². The normalized spacial score (nSPS) is 10.9. The number of rotatable bonds is 4. The largest absolute Gasteiger partial charge is 0.476 e. The number of nitriles is 1. The van der Waals surface area contributed by atoms with Crippen LogP contribution in [0.4, 0.5) is 0 Å². The van der Waals surface area contributed by atoms with Crippen molar-refractivity contribution in [3.8, 4) is 11.8 Å². The highest BCUT2D eigenvalue weighted by molar-refractivity contribution is 5.86. The van der Waals surface area contributed by atoms with Crippen LogP contribution < -0.4 is 10.3 Å². The predicted octanol–water partition coefficient (Wildman–Crippen LogP) is 2.30. The molecule has 0 spiro atoms. The lowest BCUT2D eigenvalue weighted by molar-refractivity contribution is 0.371. The molecule has 7 nitrogen and oxygen atoms in total. The Kier molecular flexibility index (Phi) is 3.86. The summed E-state index contributed by atoms with van der Waals surface area (Å²) in [7, 11) is 0. The summed E-state index contributed by atoms with van der Waals surface area (Å²) in [6.07, 6.45) is 8.65. The highest BCUT2D eigenvalue weighted by Gasteiger charge is 2.10. The summed E-state index contributed by atoms with van der Waals surface area (Å²) in [6.45, 7) is 2.29. The molecule has 0 amide bonds. The molecule has 0 unspecified atom stereocenters. The van der Waals surface area contributed by atoms with Gasteiger partial charge in [-0.2, -0.15) is 5.26 Å². The first kappa shape index (κ1) is 15.8. The van der Waals surface area contributed by atoms with E-state index >= 15 is 0 Å². The SMILES string of the molecule is Cc1ccc2nc(Cn3ccc4c(OCC#N)cncc4c3=O)cn2c1. The van der Waals surface area contributed by atoms with Crippen LogP contribution in [0.3, 0.4) is 0 Å². The number of ether oxygens (including phenoxy) is 1. The monoisotopic (exact) mass is 345 g/mol. The van der Waals surface area contributed by atoms with Gasteiger partial charge in [-0.1, -0.05) is 6.07 Å². The van der Waals surface area contributed by atoms with E-state index in [4.69, 9.17) is 10.00 Å². The number of aryl methyl sites for hydroxylation is 1. The van der Waals surface area contributed by atoms with Crippen molar-refractivity contribution in [2.75, 3.05) is 6.61 Å². The zero-order valence-electron chi connectivity index (χ0n) is 14.1. The van der Waals surface area contributed by atoms with E-state index in [1.165, 1.54) is 12.4 Å². The Morgan fingerprint density at radius 1 is 1.19 bits per heavy atom. The van der Waals surface area contributed by atoms with Gasteiger partial charge in [0.25, 0.3) is 5.56 Å². The van der Waals surface area contributed by atoms with Crippen molar-refractivity contribution in [2.24, 2.45) is 0 Å². The van der Waals surface area contributed by atoms with Crippen LogP contribution in [-0.4, -0.2) is 25.5 Å². The average molecular weight is 345 g/mol. The molecule has 0 saturated carbocycles. The molecular weight excluding hydrogens is 330 g/mol. The minimum atomic E-state index is -0.175. The fraction of sp³-hybridized carbons (Fsp3) is 0.158. The van der Waals surface area contributed by atoms with Gasteiger partial charge in [-0.3, -0.25) is 9.78 Å². The highest BCUT2D eigenvalue weighted by atomic mass is 16.5. The Bertz CT molecular complexity index is 1220. The number of hydrogen-bond acceptors (Lipinski definition) is 5.